The Kier molecular flexibility index (Phi) is 2.88. The van der Waals surface area contributed by atoms with Crippen LogP contribution in [0.1, 0.15) is 11.1 Å². The maximum absolute atomic E-state index is 13.0. The van der Waals surface area contributed by atoms with Crippen LogP contribution in [0.3, 0.4) is 0 Å². The van der Waals surface area contributed by atoms with Crippen LogP contribution in [0.15, 0.2) is 18.2 Å². The van der Waals surface area contributed by atoms with Gasteiger partial charge in [0, 0.05) is 10.6 Å². The second kappa shape index (κ2) is 3.60. The Labute approximate surface area is 80.5 Å². The minimum atomic E-state index is -2.99. The lowest BCUT2D eigenvalue weighted by atomic mass is 10.1. The van der Waals surface area contributed by atoms with Crippen molar-refractivity contribution < 1.29 is 8.78 Å². The summed E-state index contributed by atoms with van der Waals surface area (Å²) in [6.07, 6.45) is 0. The van der Waals surface area contributed by atoms with Crippen LogP contribution in [0.5, 0.6) is 0 Å². The number of nitrogens with two attached hydrogens (primary N) is 1. The van der Waals surface area contributed by atoms with E-state index in [2.05, 4.69) is 0 Å². The van der Waals surface area contributed by atoms with Gasteiger partial charge in [0.25, 0.3) is 5.92 Å². The van der Waals surface area contributed by atoms with Crippen LogP contribution < -0.4 is 5.73 Å². The number of hydrogen-bond donors (Lipinski definition) is 1. The first kappa shape index (κ1) is 10.4. The molecule has 13 heavy (non-hydrogen) atoms. The quantitative estimate of drug-likeness (QED) is 0.790. The zero-order valence-corrected chi connectivity index (χ0v) is 7.91. The maximum atomic E-state index is 13.0. The number of benzene rings is 1. The Bertz CT molecular complexity index is 312. The summed E-state index contributed by atoms with van der Waals surface area (Å²) in [4.78, 5) is 0. The molecule has 0 aliphatic rings. The molecule has 0 spiro atoms. The van der Waals surface area contributed by atoms with Gasteiger partial charge >= 0.3 is 0 Å². The van der Waals surface area contributed by atoms with Crippen LogP contribution in [0.4, 0.5) is 8.78 Å². The fraction of sp³-hybridized carbons (Fsp3) is 0.333. The molecule has 0 amide bonds. The van der Waals surface area contributed by atoms with E-state index in [1.165, 1.54) is 12.1 Å². The maximum Gasteiger partial charge on any atom is 0.285 e. The lowest BCUT2D eigenvalue weighted by molar-refractivity contribution is 0.00595. The summed E-state index contributed by atoms with van der Waals surface area (Å²) in [6, 6.07) is 4.15. The van der Waals surface area contributed by atoms with Gasteiger partial charge in [0.15, 0.2) is 0 Å². The van der Waals surface area contributed by atoms with Gasteiger partial charge in [-0.2, -0.15) is 8.78 Å². The van der Waals surface area contributed by atoms with Crippen molar-refractivity contribution in [3.63, 3.8) is 0 Å². The largest absolute Gasteiger partial charge is 0.325 e. The Morgan fingerprint density at radius 2 is 2.08 bits per heavy atom. The highest BCUT2D eigenvalue weighted by Crippen LogP contribution is 2.29. The van der Waals surface area contributed by atoms with Crippen molar-refractivity contribution in [3.8, 4) is 0 Å². The number of alkyl halides is 2. The molecule has 0 aromatic heterocycles. The molecule has 0 aliphatic heterocycles. The molecule has 72 valence electrons. The predicted molar refractivity (Wildman–Crippen MR) is 49.1 cm³/mol. The lowest BCUT2D eigenvalue weighted by Gasteiger charge is -2.14. The van der Waals surface area contributed by atoms with Crippen molar-refractivity contribution in [2.75, 3.05) is 6.54 Å². The van der Waals surface area contributed by atoms with Crippen molar-refractivity contribution in [3.05, 3.63) is 34.3 Å². The highest BCUT2D eigenvalue weighted by molar-refractivity contribution is 6.31. The van der Waals surface area contributed by atoms with Gasteiger partial charge in [-0.05, 0) is 18.6 Å². The van der Waals surface area contributed by atoms with Crippen molar-refractivity contribution in [1.82, 2.24) is 0 Å². The summed E-state index contributed by atoms with van der Waals surface area (Å²) in [5.74, 6) is -2.99. The third kappa shape index (κ3) is 2.17. The fourth-order valence-electron chi connectivity index (χ4n) is 0.938. The lowest BCUT2D eigenvalue weighted by Crippen LogP contribution is -2.24. The van der Waals surface area contributed by atoms with E-state index in [0.29, 0.717) is 5.02 Å². The molecule has 0 bridgehead atoms. The molecular formula is C9H10ClF2N. The molecule has 0 radical (unpaired) electrons. The minimum absolute atomic E-state index is 0.134. The number of hydrogen-bond acceptors (Lipinski definition) is 1. The van der Waals surface area contributed by atoms with E-state index in [9.17, 15) is 8.78 Å². The normalized spacial score (nSPS) is 11.8. The molecule has 1 aromatic rings. The highest BCUT2D eigenvalue weighted by atomic mass is 35.5. The third-order valence-corrected chi connectivity index (χ3v) is 2.26. The van der Waals surface area contributed by atoms with Gasteiger partial charge in [0.2, 0.25) is 0 Å². The van der Waals surface area contributed by atoms with Gasteiger partial charge in [-0.3, -0.25) is 0 Å². The van der Waals surface area contributed by atoms with Gasteiger partial charge in [0.05, 0.1) is 6.54 Å². The van der Waals surface area contributed by atoms with Crippen LogP contribution in [-0.4, -0.2) is 6.54 Å². The topological polar surface area (TPSA) is 26.0 Å². The van der Waals surface area contributed by atoms with E-state index in [1.807, 2.05) is 0 Å². The average molecular weight is 206 g/mol. The molecule has 0 saturated heterocycles. The molecule has 1 aromatic carbocycles. The summed E-state index contributed by atoms with van der Waals surface area (Å²) < 4.78 is 26.0. The minimum Gasteiger partial charge on any atom is -0.325 e. The molecular weight excluding hydrogens is 196 g/mol. The molecule has 1 rings (SSSR count). The summed E-state index contributed by atoms with van der Waals surface area (Å²) in [6.45, 7) is 1.05. The second-order valence-electron chi connectivity index (χ2n) is 2.87. The van der Waals surface area contributed by atoms with Gasteiger partial charge in [-0.25, -0.2) is 0 Å². The van der Waals surface area contributed by atoms with E-state index in [-0.39, 0.29) is 5.56 Å². The van der Waals surface area contributed by atoms with Gasteiger partial charge in [-0.15, -0.1) is 0 Å². The third-order valence-electron chi connectivity index (χ3n) is 1.85. The Morgan fingerprint density at radius 1 is 1.46 bits per heavy atom. The van der Waals surface area contributed by atoms with Crippen LogP contribution in [-0.2, 0) is 5.92 Å². The number of halogens is 3. The van der Waals surface area contributed by atoms with E-state index in [0.717, 1.165) is 5.56 Å². The molecule has 0 unspecified atom stereocenters. The SMILES string of the molecule is Cc1ccc(C(F)(F)CN)cc1Cl. The fourth-order valence-corrected chi connectivity index (χ4v) is 1.12. The first-order valence-corrected chi connectivity index (χ1v) is 4.19. The average Bonchev–Trinajstić information content (AvgIpc) is 2.09. The summed E-state index contributed by atoms with van der Waals surface area (Å²) in [7, 11) is 0. The highest BCUT2D eigenvalue weighted by Gasteiger charge is 2.29. The molecule has 0 heterocycles. The van der Waals surface area contributed by atoms with Gasteiger partial charge < -0.3 is 5.73 Å². The molecule has 0 saturated carbocycles. The van der Waals surface area contributed by atoms with Crippen molar-refractivity contribution in [2.45, 2.75) is 12.8 Å². The van der Waals surface area contributed by atoms with Crippen LogP contribution in [0.25, 0.3) is 0 Å². The van der Waals surface area contributed by atoms with Crippen LogP contribution in [0.2, 0.25) is 5.02 Å². The Morgan fingerprint density at radius 3 is 2.54 bits per heavy atom. The van der Waals surface area contributed by atoms with Gasteiger partial charge in [0.1, 0.15) is 0 Å². The summed E-state index contributed by atoms with van der Waals surface area (Å²) in [5, 5.41) is 0.339. The van der Waals surface area contributed by atoms with E-state index >= 15 is 0 Å². The first-order valence-electron chi connectivity index (χ1n) is 3.82. The number of aryl methyl sites for hydroxylation is 1. The molecule has 4 heteroatoms. The molecule has 0 aliphatic carbocycles. The zero-order chi connectivity index (χ0) is 10.1. The molecule has 2 N–H and O–H groups in total. The molecule has 0 atom stereocenters. The predicted octanol–water partition coefficient (Wildman–Crippen LogP) is 2.70. The van der Waals surface area contributed by atoms with Crippen LogP contribution >= 0.6 is 11.6 Å². The Balaban J connectivity index is 3.10. The van der Waals surface area contributed by atoms with Crippen molar-refractivity contribution >= 4 is 11.6 Å². The Hall–Kier alpha value is -0.670. The first-order chi connectivity index (χ1) is 5.97. The summed E-state index contributed by atoms with van der Waals surface area (Å²) >= 11 is 5.70. The number of rotatable bonds is 2. The standard InChI is InChI=1S/C9H10ClF2N/c1-6-2-3-7(4-8(6)10)9(11,12)5-13/h2-4H,5,13H2,1H3. The van der Waals surface area contributed by atoms with Crippen molar-refractivity contribution in [1.29, 1.82) is 0 Å². The monoisotopic (exact) mass is 205 g/mol. The second-order valence-corrected chi connectivity index (χ2v) is 3.28. The van der Waals surface area contributed by atoms with E-state index in [1.54, 1.807) is 13.0 Å². The van der Waals surface area contributed by atoms with E-state index in [4.69, 9.17) is 17.3 Å². The van der Waals surface area contributed by atoms with Gasteiger partial charge in [-0.1, -0.05) is 23.7 Å². The zero-order valence-electron chi connectivity index (χ0n) is 7.15. The molecule has 1 nitrogen and oxygen atoms in total. The summed E-state index contributed by atoms with van der Waals surface area (Å²) in [5.41, 5.74) is 5.58. The molecule has 0 fully saturated rings. The smallest absolute Gasteiger partial charge is 0.285 e. The van der Waals surface area contributed by atoms with E-state index < -0.39 is 12.5 Å². The van der Waals surface area contributed by atoms with Crippen molar-refractivity contribution in [2.24, 2.45) is 5.73 Å². The van der Waals surface area contributed by atoms with Crippen LogP contribution in [0, 0.1) is 6.92 Å².